The molecule has 0 aromatic carbocycles. The maximum Gasteiger partial charge on any atom is 0.0960 e. The number of aliphatic hydroxyl groups excluding tert-OH is 1. The van der Waals surface area contributed by atoms with Gasteiger partial charge in [0.05, 0.1) is 16.7 Å². The zero-order chi connectivity index (χ0) is 14.4. The summed E-state index contributed by atoms with van der Waals surface area (Å²) in [5.74, 6) is 1.06. The van der Waals surface area contributed by atoms with Crippen LogP contribution in [0, 0.1) is 0 Å². The molecule has 0 saturated heterocycles. The highest BCUT2D eigenvalue weighted by atomic mass is 35.5. The van der Waals surface area contributed by atoms with Gasteiger partial charge in [-0.2, -0.15) is 0 Å². The quantitative estimate of drug-likeness (QED) is 0.541. The van der Waals surface area contributed by atoms with E-state index >= 15 is 0 Å². The Morgan fingerprint density at radius 3 is 2.85 bits per heavy atom. The van der Waals surface area contributed by atoms with Gasteiger partial charge in [0.2, 0.25) is 0 Å². The van der Waals surface area contributed by atoms with Gasteiger partial charge in [-0.3, -0.25) is 0 Å². The zero-order valence-corrected chi connectivity index (χ0v) is 13.5. The second kappa shape index (κ2) is 7.64. The number of halogens is 1. The van der Waals surface area contributed by atoms with Crippen LogP contribution in [-0.2, 0) is 0 Å². The number of rotatable bonds is 9. The second-order valence-corrected chi connectivity index (χ2v) is 7.31. The first-order valence-corrected chi connectivity index (χ1v) is 8.61. The SMILES string of the molecule is CC(CO)(CCCCSc1ccc(Cl)cn1)NC1CC1. The van der Waals surface area contributed by atoms with E-state index in [0.29, 0.717) is 11.1 Å². The Labute approximate surface area is 130 Å². The van der Waals surface area contributed by atoms with Crippen molar-refractivity contribution in [2.45, 2.75) is 55.6 Å². The first kappa shape index (κ1) is 16.1. The molecule has 0 aliphatic heterocycles. The lowest BCUT2D eigenvalue weighted by Crippen LogP contribution is -2.46. The topological polar surface area (TPSA) is 45.2 Å². The molecule has 2 rings (SSSR count). The summed E-state index contributed by atoms with van der Waals surface area (Å²) in [5.41, 5.74) is -0.107. The van der Waals surface area contributed by atoms with Crippen molar-refractivity contribution in [3.63, 3.8) is 0 Å². The van der Waals surface area contributed by atoms with Crippen LogP contribution in [0.25, 0.3) is 0 Å². The average Bonchev–Trinajstić information content (AvgIpc) is 3.24. The molecule has 1 aliphatic rings. The number of thioether (sulfide) groups is 1. The molecule has 1 fully saturated rings. The third-order valence-corrected chi connectivity index (χ3v) is 4.81. The maximum absolute atomic E-state index is 9.53. The molecule has 1 aromatic heterocycles. The molecule has 5 heteroatoms. The van der Waals surface area contributed by atoms with Crippen LogP contribution in [0.5, 0.6) is 0 Å². The van der Waals surface area contributed by atoms with Gasteiger partial charge in [0.15, 0.2) is 0 Å². The minimum absolute atomic E-state index is 0.107. The lowest BCUT2D eigenvalue weighted by atomic mass is 9.96. The van der Waals surface area contributed by atoms with Gasteiger partial charge < -0.3 is 10.4 Å². The fourth-order valence-corrected chi connectivity index (χ4v) is 3.12. The largest absolute Gasteiger partial charge is 0.394 e. The van der Waals surface area contributed by atoms with Gasteiger partial charge in [-0.1, -0.05) is 18.0 Å². The second-order valence-electron chi connectivity index (χ2n) is 5.76. The number of nitrogens with one attached hydrogen (secondary N) is 1. The predicted octanol–water partition coefficient (Wildman–Crippen LogP) is 3.50. The summed E-state index contributed by atoms with van der Waals surface area (Å²) in [7, 11) is 0. The van der Waals surface area contributed by atoms with Crippen molar-refractivity contribution in [3.8, 4) is 0 Å². The minimum atomic E-state index is -0.107. The van der Waals surface area contributed by atoms with Gasteiger partial charge in [-0.05, 0) is 50.5 Å². The van der Waals surface area contributed by atoms with Gasteiger partial charge in [0.1, 0.15) is 0 Å². The summed E-state index contributed by atoms with van der Waals surface area (Å²) in [6, 6.07) is 4.47. The Balaban J connectivity index is 1.61. The molecule has 1 unspecified atom stereocenters. The summed E-state index contributed by atoms with van der Waals surface area (Å²) in [6.45, 7) is 2.34. The average molecular weight is 315 g/mol. The molecular formula is C15H23ClN2OS. The van der Waals surface area contributed by atoms with Crippen LogP contribution >= 0.6 is 23.4 Å². The number of aliphatic hydroxyl groups is 1. The molecule has 0 amide bonds. The van der Waals surface area contributed by atoms with Crippen LogP contribution in [-0.4, -0.2) is 34.0 Å². The van der Waals surface area contributed by atoms with E-state index in [1.165, 1.54) is 12.8 Å². The molecule has 1 aliphatic carbocycles. The van der Waals surface area contributed by atoms with Crippen molar-refractivity contribution >= 4 is 23.4 Å². The molecule has 3 nitrogen and oxygen atoms in total. The van der Waals surface area contributed by atoms with Gasteiger partial charge >= 0.3 is 0 Å². The molecule has 0 radical (unpaired) electrons. The maximum atomic E-state index is 9.53. The van der Waals surface area contributed by atoms with Crippen LogP contribution in [0.4, 0.5) is 0 Å². The lowest BCUT2D eigenvalue weighted by molar-refractivity contribution is 0.161. The van der Waals surface area contributed by atoms with Crippen molar-refractivity contribution in [3.05, 3.63) is 23.4 Å². The molecule has 1 aromatic rings. The fraction of sp³-hybridized carbons (Fsp3) is 0.667. The van der Waals surface area contributed by atoms with Crippen molar-refractivity contribution in [2.24, 2.45) is 0 Å². The van der Waals surface area contributed by atoms with Gasteiger partial charge in [-0.25, -0.2) is 4.98 Å². The highest BCUT2D eigenvalue weighted by Gasteiger charge is 2.31. The van der Waals surface area contributed by atoms with Gasteiger partial charge in [0, 0.05) is 17.8 Å². The van der Waals surface area contributed by atoms with E-state index in [9.17, 15) is 5.11 Å². The van der Waals surface area contributed by atoms with Gasteiger partial charge in [0.25, 0.3) is 0 Å². The van der Waals surface area contributed by atoms with E-state index in [1.807, 2.05) is 12.1 Å². The Morgan fingerprint density at radius 1 is 1.45 bits per heavy atom. The molecule has 20 heavy (non-hydrogen) atoms. The van der Waals surface area contributed by atoms with Crippen LogP contribution < -0.4 is 5.32 Å². The highest BCUT2D eigenvalue weighted by molar-refractivity contribution is 7.99. The van der Waals surface area contributed by atoms with E-state index in [-0.39, 0.29) is 12.1 Å². The number of hydrogen-bond acceptors (Lipinski definition) is 4. The smallest absolute Gasteiger partial charge is 0.0960 e. The molecule has 112 valence electrons. The molecule has 2 N–H and O–H groups in total. The number of hydrogen-bond donors (Lipinski definition) is 2. The van der Waals surface area contributed by atoms with E-state index in [4.69, 9.17) is 11.6 Å². The van der Waals surface area contributed by atoms with E-state index in [2.05, 4.69) is 17.2 Å². The van der Waals surface area contributed by atoms with Crippen molar-refractivity contribution in [1.82, 2.24) is 10.3 Å². The van der Waals surface area contributed by atoms with Crippen LogP contribution in [0.2, 0.25) is 5.02 Å². The first-order chi connectivity index (χ1) is 9.61. The summed E-state index contributed by atoms with van der Waals surface area (Å²) < 4.78 is 0. The third-order valence-electron chi connectivity index (χ3n) is 3.55. The Bertz CT molecular complexity index is 411. The standard InChI is InChI=1S/C15H23ClN2OS/c1-15(11-19,18-13-5-6-13)8-2-3-9-20-14-7-4-12(16)10-17-14/h4,7,10,13,18-19H,2-3,5-6,8-9,11H2,1H3. The van der Waals surface area contributed by atoms with Crippen molar-refractivity contribution < 1.29 is 5.11 Å². The number of aromatic nitrogens is 1. The van der Waals surface area contributed by atoms with Crippen LogP contribution in [0.1, 0.15) is 39.0 Å². The van der Waals surface area contributed by atoms with Gasteiger partial charge in [-0.15, -0.1) is 11.8 Å². The molecule has 0 spiro atoms. The number of nitrogens with zero attached hydrogens (tertiary/aromatic N) is 1. The molecule has 1 atom stereocenters. The lowest BCUT2D eigenvalue weighted by Gasteiger charge is -2.29. The summed E-state index contributed by atoms with van der Waals surface area (Å²) in [6.07, 6.45) is 7.48. The molecule has 1 saturated carbocycles. The van der Waals surface area contributed by atoms with Crippen LogP contribution in [0.15, 0.2) is 23.4 Å². The highest BCUT2D eigenvalue weighted by Crippen LogP contribution is 2.25. The summed E-state index contributed by atoms with van der Waals surface area (Å²) >= 11 is 7.57. The molecular weight excluding hydrogens is 292 g/mol. The molecule has 1 heterocycles. The number of unbranched alkanes of at least 4 members (excludes halogenated alkanes) is 1. The Morgan fingerprint density at radius 2 is 2.25 bits per heavy atom. The normalized spacial score (nSPS) is 17.9. The predicted molar refractivity (Wildman–Crippen MR) is 85.5 cm³/mol. The Hall–Kier alpha value is -0.290. The third kappa shape index (κ3) is 5.60. The van der Waals surface area contributed by atoms with E-state index in [0.717, 1.165) is 30.0 Å². The fourth-order valence-electron chi connectivity index (χ4n) is 2.16. The first-order valence-electron chi connectivity index (χ1n) is 7.24. The van der Waals surface area contributed by atoms with E-state index < -0.39 is 0 Å². The summed E-state index contributed by atoms with van der Waals surface area (Å²) in [5, 5.41) is 14.8. The monoisotopic (exact) mass is 314 g/mol. The van der Waals surface area contributed by atoms with Crippen molar-refractivity contribution in [1.29, 1.82) is 0 Å². The van der Waals surface area contributed by atoms with Crippen molar-refractivity contribution in [2.75, 3.05) is 12.4 Å². The number of pyridine rings is 1. The summed E-state index contributed by atoms with van der Waals surface area (Å²) in [4.78, 5) is 4.27. The van der Waals surface area contributed by atoms with Crippen LogP contribution in [0.3, 0.4) is 0 Å². The molecule has 0 bridgehead atoms. The van der Waals surface area contributed by atoms with E-state index in [1.54, 1.807) is 18.0 Å². The zero-order valence-electron chi connectivity index (χ0n) is 11.9. The Kier molecular flexibility index (Phi) is 6.15. The minimum Gasteiger partial charge on any atom is -0.394 e.